The van der Waals surface area contributed by atoms with Gasteiger partial charge in [-0.1, -0.05) is 160 Å². The average Bonchev–Trinajstić information content (AvgIpc) is 3.29. The molecule has 1 aromatic rings. The van der Waals surface area contributed by atoms with E-state index in [4.69, 9.17) is 0 Å². The predicted octanol–water partition coefficient (Wildman–Crippen LogP) is 9.94. The first-order valence-corrected chi connectivity index (χ1v) is 16.5. The molecule has 0 heterocycles. The molecule has 212 valence electrons. The molecule has 0 heteroatoms. The lowest BCUT2D eigenvalue weighted by Gasteiger charge is -2.48. The van der Waals surface area contributed by atoms with Crippen molar-refractivity contribution in [1.82, 2.24) is 0 Å². The van der Waals surface area contributed by atoms with Crippen LogP contribution in [0.2, 0.25) is 0 Å². The molecule has 0 aliphatic heterocycles. The van der Waals surface area contributed by atoms with Gasteiger partial charge in [-0.05, 0) is 68.4 Å². The van der Waals surface area contributed by atoms with Crippen LogP contribution >= 0.6 is 0 Å². The third-order valence-electron chi connectivity index (χ3n) is 11.9. The van der Waals surface area contributed by atoms with Crippen LogP contribution in [0, 0.1) is 53.3 Å². The van der Waals surface area contributed by atoms with Crippen molar-refractivity contribution in [2.45, 2.75) is 25.2 Å². The molecule has 0 nitrogen and oxygen atoms in total. The van der Waals surface area contributed by atoms with Crippen LogP contribution in [0.15, 0.2) is 157 Å². The van der Waals surface area contributed by atoms with Crippen LogP contribution < -0.4 is 0 Å². The molecule has 10 atom stereocenters. The number of benzene rings is 1. The van der Waals surface area contributed by atoms with Gasteiger partial charge >= 0.3 is 0 Å². The SMILES string of the molecule is CC1(C)c2cc(C3=CC4C=CC=CC4C=C3)ccc2C2C=CC(C3=CC4C=CC5C=CC=CC5C4C4C=CC=CC34)=CC21. The van der Waals surface area contributed by atoms with Crippen LogP contribution in [-0.2, 0) is 5.41 Å². The zero-order valence-corrected chi connectivity index (χ0v) is 25.1. The standard InChI is InChI=1S/C43H40/c1-43(2)40-25-31(30-17-15-27-9-3-4-11-29(27)23-30)19-21-36(40)37-22-20-32(26-41(37)43)39-24-33-18-16-28-10-5-6-12-34(28)42(33)38-14-8-7-13-35(38)39/h3-29,33-35,37-38,41-42H,1-2H3. The van der Waals surface area contributed by atoms with E-state index in [0.29, 0.717) is 59.2 Å². The molecule has 0 radical (unpaired) electrons. The molecule has 0 saturated heterocycles. The molecule has 0 fully saturated rings. The smallest absolute Gasteiger partial charge is 0.00957 e. The Kier molecular flexibility index (Phi) is 5.68. The molecule has 0 bridgehead atoms. The Balaban J connectivity index is 1.06. The molecule has 0 saturated carbocycles. The molecule has 0 spiro atoms. The van der Waals surface area contributed by atoms with E-state index in [1.807, 2.05) is 0 Å². The Labute approximate surface area is 257 Å². The fraction of sp³-hybridized carbons (Fsp3) is 0.302. The number of hydrogen-bond acceptors (Lipinski definition) is 0. The first kappa shape index (κ1) is 25.6. The Hall–Kier alpha value is -3.90. The van der Waals surface area contributed by atoms with E-state index < -0.39 is 0 Å². The lowest BCUT2D eigenvalue weighted by molar-refractivity contribution is 0.186. The molecule has 1 aromatic carbocycles. The third-order valence-corrected chi connectivity index (χ3v) is 11.9. The van der Waals surface area contributed by atoms with E-state index in [1.165, 1.54) is 33.4 Å². The lowest BCUT2D eigenvalue weighted by Crippen LogP contribution is -2.41. The van der Waals surface area contributed by atoms with Crippen molar-refractivity contribution in [3.63, 3.8) is 0 Å². The summed E-state index contributed by atoms with van der Waals surface area (Å²) in [5.74, 6) is 5.08. The first-order valence-electron chi connectivity index (χ1n) is 16.5. The van der Waals surface area contributed by atoms with E-state index in [0.717, 1.165) is 0 Å². The Bertz CT molecular complexity index is 1750. The molecule has 0 aromatic heterocycles. The summed E-state index contributed by atoms with van der Waals surface area (Å²) in [5.41, 5.74) is 8.80. The normalized spacial score (nSPS) is 39.6. The van der Waals surface area contributed by atoms with E-state index in [2.05, 4.69) is 160 Å². The predicted molar refractivity (Wildman–Crippen MR) is 180 cm³/mol. The topological polar surface area (TPSA) is 0 Å². The number of fused-ring (bicyclic) bond motifs is 9. The van der Waals surface area contributed by atoms with Gasteiger partial charge in [-0.15, -0.1) is 0 Å². The molecule has 8 aliphatic rings. The van der Waals surface area contributed by atoms with Gasteiger partial charge in [0.1, 0.15) is 0 Å². The maximum absolute atomic E-state index is 2.65. The number of allylic oxidation sites excluding steroid dienone is 24. The summed E-state index contributed by atoms with van der Waals surface area (Å²) in [7, 11) is 0. The molecule has 9 rings (SSSR count). The van der Waals surface area contributed by atoms with Gasteiger partial charge in [-0.2, -0.15) is 0 Å². The van der Waals surface area contributed by atoms with Crippen molar-refractivity contribution < 1.29 is 0 Å². The second kappa shape index (κ2) is 9.55. The number of hydrogen-bond donors (Lipinski definition) is 0. The monoisotopic (exact) mass is 556 g/mol. The van der Waals surface area contributed by atoms with Crippen molar-refractivity contribution in [3.8, 4) is 0 Å². The van der Waals surface area contributed by atoms with Gasteiger partial charge < -0.3 is 0 Å². The maximum Gasteiger partial charge on any atom is 0.00957 e. The van der Waals surface area contributed by atoms with Crippen LogP contribution in [0.5, 0.6) is 0 Å². The lowest BCUT2D eigenvalue weighted by atomic mass is 9.56. The van der Waals surface area contributed by atoms with Crippen molar-refractivity contribution in [2.75, 3.05) is 0 Å². The van der Waals surface area contributed by atoms with Gasteiger partial charge in [0, 0.05) is 29.6 Å². The highest BCUT2D eigenvalue weighted by atomic mass is 14.5. The van der Waals surface area contributed by atoms with E-state index in [1.54, 1.807) is 0 Å². The van der Waals surface area contributed by atoms with Crippen LogP contribution in [0.1, 0.15) is 36.5 Å². The second-order valence-electron chi connectivity index (χ2n) is 14.4. The van der Waals surface area contributed by atoms with Gasteiger partial charge in [0.2, 0.25) is 0 Å². The van der Waals surface area contributed by atoms with E-state index >= 15 is 0 Å². The zero-order valence-electron chi connectivity index (χ0n) is 25.1. The van der Waals surface area contributed by atoms with Crippen LogP contribution in [0.4, 0.5) is 0 Å². The van der Waals surface area contributed by atoms with Crippen LogP contribution in [0.25, 0.3) is 5.57 Å². The molecule has 10 unspecified atom stereocenters. The molecule has 43 heavy (non-hydrogen) atoms. The minimum absolute atomic E-state index is 0.0671. The van der Waals surface area contributed by atoms with Gasteiger partial charge in [-0.25, -0.2) is 0 Å². The van der Waals surface area contributed by atoms with Crippen molar-refractivity contribution in [3.05, 3.63) is 174 Å². The van der Waals surface area contributed by atoms with Crippen LogP contribution in [-0.4, -0.2) is 0 Å². The minimum atomic E-state index is 0.0671. The highest BCUT2D eigenvalue weighted by molar-refractivity contribution is 5.77. The first-order chi connectivity index (χ1) is 21.1. The van der Waals surface area contributed by atoms with Crippen molar-refractivity contribution in [1.29, 1.82) is 0 Å². The summed E-state index contributed by atoms with van der Waals surface area (Å²) in [6, 6.07) is 7.31. The van der Waals surface area contributed by atoms with Gasteiger partial charge in [0.25, 0.3) is 0 Å². The Morgan fingerprint density at radius 3 is 2.14 bits per heavy atom. The van der Waals surface area contributed by atoms with E-state index in [9.17, 15) is 0 Å². The maximum atomic E-state index is 2.65. The zero-order chi connectivity index (χ0) is 28.7. The highest BCUT2D eigenvalue weighted by Gasteiger charge is 2.48. The van der Waals surface area contributed by atoms with Gasteiger partial charge in [-0.3, -0.25) is 0 Å². The van der Waals surface area contributed by atoms with E-state index in [-0.39, 0.29) is 5.41 Å². The average molecular weight is 557 g/mol. The molecular weight excluding hydrogens is 516 g/mol. The van der Waals surface area contributed by atoms with Crippen LogP contribution in [0.3, 0.4) is 0 Å². The summed E-state index contributed by atoms with van der Waals surface area (Å²) in [6.45, 7) is 4.96. The van der Waals surface area contributed by atoms with Gasteiger partial charge in [0.05, 0.1) is 0 Å². The summed E-state index contributed by atoms with van der Waals surface area (Å²) >= 11 is 0. The quantitative estimate of drug-likeness (QED) is 0.318. The largest absolute Gasteiger partial charge is 0.0807 e. The molecule has 8 aliphatic carbocycles. The molecule has 0 amide bonds. The minimum Gasteiger partial charge on any atom is -0.0807 e. The summed E-state index contributed by atoms with van der Waals surface area (Å²) in [5, 5.41) is 0. The molecular formula is C43H40. The van der Waals surface area contributed by atoms with Crippen molar-refractivity contribution >= 4 is 5.57 Å². The Morgan fingerprint density at radius 1 is 0.535 bits per heavy atom. The Morgan fingerprint density at radius 2 is 1.26 bits per heavy atom. The van der Waals surface area contributed by atoms with Crippen molar-refractivity contribution in [2.24, 2.45) is 53.3 Å². The highest BCUT2D eigenvalue weighted by Crippen LogP contribution is 2.57. The fourth-order valence-electron chi connectivity index (χ4n) is 9.71. The summed E-state index contributed by atoms with van der Waals surface area (Å²) < 4.78 is 0. The fourth-order valence-corrected chi connectivity index (χ4v) is 9.71. The number of rotatable bonds is 2. The second-order valence-corrected chi connectivity index (χ2v) is 14.4. The third kappa shape index (κ3) is 3.88. The molecule has 0 N–H and O–H groups in total. The van der Waals surface area contributed by atoms with Gasteiger partial charge in [0.15, 0.2) is 0 Å². The summed E-state index contributed by atoms with van der Waals surface area (Å²) in [6.07, 6.45) is 50.4. The summed E-state index contributed by atoms with van der Waals surface area (Å²) in [4.78, 5) is 0.